The van der Waals surface area contributed by atoms with Crippen LogP contribution in [0.25, 0.3) is 0 Å². The molecule has 5 heteroatoms. The van der Waals surface area contributed by atoms with Gasteiger partial charge < -0.3 is 15.2 Å². The summed E-state index contributed by atoms with van der Waals surface area (Å²) in [5.41, 5.74) is 0. The van der Waals surface area contributed by atoms with Gasteiger partial charge in [-0.1, -0.05) is 0 Å². The van der Waals surface area contributed by atoms with Crippen LogP contribution in [0.1, 0.15) is 19.3 Å². The number of hydrogen-bond donors (Lipinski definition) is 2. The third kappa shape index (κ3) is 3.89. The minimum Gasteiger partial charge on any atom is -0.481 e. The number of amides is 1. The van der Waals surface area contributed by atoms with Crippen molar-refractivity contribution in [1.29, 1.82) is 0 Å². The van der Waals surface area contributed by atoms with Crippen molar-refractivity contribution in [3.05, 3.63) is 0 Å². The summed E-state index contributed by atoms with van der Waals surface area (Å²) >= 11 is 0. The van der Waals surface area contributed by atoms with Gasteiger partial charge in [0, 0.05) is 13.2 Å². The molecule has 1 rings (SSSR count). The van der Waals surface area contributed by atoms with Crippen LogP contribution in [-0.4, -0.2) is 36.2 Å². The Hall–Kier alpha value is -1.10. The molecule has 0 spiro atoms. The fraction of sp³-hybridized carbons (Fsp3) is 0.750. The predicted octanol–water partition coefficient (Wildman–Crippen LogP) is -0.244. The SMILES string of the molecule is O=C(O)CC(=O)NC[C@@H]1CCCO1. The Morgan fingerprint density at radius 3 is 2.85 bits per heavy atom. The molecule has 1 amide bonds. The standard InChI is InChI=1S/C8H13NO4/c10-7(4-8(11)12)9-5-6-2-1-3-13-6/h6H,1-5H2,(H,9,10)(H,11,12)/t6-/m0/s1. The van der Waals surface area contributed by atoms with Crippen LogP contribution in [0.15, 0.2) is 0 Å². The molecule has 0 aliphatic carbocycles. The molecule has 0 aromatic heterocycles. The second kappa shape index (κ2) is 4.81. The molecule has 1 saturated heterocycles. The van der Waals surface area contributed by atoms with Gasteiger partial charge in [0.15, 0.2) is 0 Å². The number of nitrogens with one attached hydrogen (secondary N) is 1. The van der Waals surface area contributed by atoms with E-state index in [1.807, 2.05) is 0 Å². The van der Waals surface area contributed by atoms with Crippen molar-refractivity contribution in [2.45, 2.75) is 25.4 Å². The summed E-state index contributed by atoms with van der Waals surface area (Å²) in [6, 6.07) is 0. The van der Waals surface area contributed by atoms with E-state index < -0.39 is 18.3 Å². The first-order valence-corrected chi connectivity index (χ1v) is 4.28. The van der Waals surface area contributed by atoms with Crippen LogP contribution in [0.5, 0.6) is 0 Å². The van der Waals surface area contributed by atoms with Crippen molar-refractivity contribution < 1.29 is 19.4 Å². The lowest BCUT2D eigenvalue weighted by molar-refractivity contribution is -0.140. The summed E-state index contributed by atoms with van der Waals surface area (Å²) in [5.74, 6) is -1.56. The second-order valence-corrected chi connectivity index (χ2v) is 3.01. The van der Waals surface area contributed by atoms with E-state index in [1.165, 1.54) is 0 Å². The maximum absolute atomic E-state index is 10.9. The van der Waals surface area contributed by atoms with Crippen LogP contribution in [0.4, 0.5) is 0 Å². The molecule has 0 unspecified atom stereocenters. The molecule has 74 valence electrons. The minimum atomic E-state index is -1.11. The van der Waals surface area contributed by atoms with Gasteiger partial charge in [0.1, 0.15) is 6.42 Å². The smallest absolute Gasteiger partial charge is 0.312 e. The molecule has 1 fully saturated rings. The summed E-state index contributed by atoms with van der Waals surface area (Å²) in [5, 5.41) is 10.8. The largest absolute Gasteiger partial charge is 0.481 e. The fourth-order valence-corrected chi connectivity index (χ4v) is 1.23. The average molecular weight is 187 g/mol. The van der Waals surface area contributed by atoms with Crippen LogP contribution >= 0.6 is 0 Å². The fourth-order valence-electron chi connectivity index (χ4n) is 1.23. The molecule has 1 aliphatic heterocycles. The van der Waals surface area contributed by atoms with E-state index in [2.05, 4.69) is 5.32 Å². The second-order valence-electron chi connectivity index (χ2n) is 3.01. The maximum Gasteiger partial charge on any atom is 0.312 e. The van der Waals surface area contributed by atoms with Gasteiger partial charge in [0.05, 0.1) is 6.10 Å². The van der Waals surface area contributed by atoms with Crippen molar-refractivity contribution in [3.8, 4) is 0 Å². The molecule has 5 nitrogen and oxygen atoms in total. The molecule has 0 radical (unpaired) electrons. The van der Waals surface area contributed by atoms with Crippen molar-refractivity contribution in [1.82, 2.24) is 5.32 Å². The van der Waals surface area contributed by atoms with Gasteiger partial charge >= 0.3 is 5.97 Å². The van der Waals surface area contributed by atoms with Gasteiger partial charge in [-0.3, -0.25) is 9.59 Å². The zero-order chi connectivity index (χ0) is 9.68. The Morgan fingerprint density at radius 1 is 1.54 bits per heavy atom. The van der Waals surface area contributed by atoms with E-state index in [0.29, 0.717) is 6.54 Å². The molecule has 1 atom stereocenters. The molecule has 0 aromatic carbocycles. The highest BCUT2D eigenvalue weighted by atomic mass is 16.5. The van der Waals surface area contributed by atoms with Crippen LogP contribution in [0.3, 0.4) is 0 Å². The third-order valence-electron chi connectivity index (χ3n) is 1.86. The highest BCUT2D eigenvalue weighted by Gasteiger charge is 2.16. The van der Waals surface area contributed by atoms with Gasteiger partial charge in [-0.25, -0.2) is 0 Å². The number of rotatable bonds is 4. The zero-order valence-electron chi connectivity index (χ0n) is 7.28. The summed E-state index contributed by atoms with van der Waals surface area (Å²) in [6.45, 7) is 1.16. The molecule has 2 N–H and O–H groups in total. The lowest BCUT2D eigenvalue weighted by Gasteiger charge is -2.09. The number of aliphatic carboxylic acids is 1. The van der Waals surface area contributed by atoms with E-state index in [-0.39, 0.29) is 6.10 Å². The number of carboxylic acids is 1. The third-order valence-corrected chi connectivity index (χ3v) is 1.86. The van der Waals surface area contributed by atoms with Crippen molar-refractivity contribution >= 4 is 11.9 Å². The number of carbonyl (C=O) groups is 2. The first-order valence-electron chi connectivity index (χ1n) is 4.28. The van der Waals surface area contributed by atoms with Crippen molar-refractivity contribution in [2.24, 2.45) is 0 Å². The number of ether oxygens (including phenoxy) is 1. The summed E-state index contributed by atoms with van der Waals surface area (Å²) in [7, 11) is 0. The first-order chi connectivity index (χ1) is 6.18. The minimum absolute atomic E-state index is 0.0674. The van der Waals surface area contributed by atoms with Crippen LogP contribution in [0, 0.1) is 0 Å². The van der Waals surface area contributed by atoms with Crippen LogP contribution in [-0.2, 0) is 14.3 Å². The lowest BCUT2D eigenvalue weighted by atomic mass is 10.2. The van der Waals surface area contributed by atoms with E-state index in [0.717, 1.165) is 19.4 Å². The van der Waals surface area contributed by atoms with Gasteiger partial charge in [-0.2, -0.15) is 0 Å². The van der Waals surface area contributed by atoms with Crippen molar-refractivity contribution in [2.75, 3.05) is 13.2 Å². The molecule has 0 saturated carbocycles. The molecule has 1 heterocycles. The Bertz CT molecular complexity index is 198. The quantitative estimate of drug-likeness (QED) is 0.595. The summed E-state index contributed by atoms with van der Waals surface area (Å²) in [4.78, 5) is 21.0. The Morgan fingerprint density at radius 2 is 2.31 bits per heavy atom. The van der Waals surface area contributed by atoms with E-state index in [4.69, 9.17) is 9.84 Å². The van der Waals surface area contributed by atoms with Gasteiger partial charge in [0.25, 0.3) is 0 Å². The van der Waals surface area contributed by atoms with Gasteiger partial charge in [-0.05, 0) is 12.8 Å². The predicted molar refractivity (Wildman–Crippen MR) is 44.2 cm³/mol. The first kappa shape index (κ1) is 9.98. The van der Waals surface area contributed by atoms with Crippen molar-refractivity contribution in [3.63, 3.8) is 0 Å². The average Bonchev–Trinajstić information content (AvgIpc) is 2.51. The van der Waals surface area contributed by atoms with Crippen LogP contribution < -0.4 is 5.32 Å². The molecular formula is C8H13NO4. The zero-order valence-corrected chi connectivity index (χ0v) is 7.28. The number of carbonyl (C=O) groups excluding carboxylic acids is 1. The van der Waals surface area contributed by atoms with E-state index in [1.54, 1.807) is 0 Å². The van der Waals surface area contributed by atoms with Gasteiger partial charge in [-0.15, -0.1) is 0 Å². The molecular weight excluding hydrogens is 174 g/mol. The topological polar surface area (TPSA) is 75.6 Å². The summed E-state index contributed by atoms with van der Waals surface area (Å²) in [6.07, 6.45) is 1.55. The summed E-state index contributed by atoms with van der Waals surface area (Å²) < 4.78 is 5.25. The van der Waals surface area contributed by atoms with Gasteiger partial charge in [0.2, 0.25) is 5.91 Å². The van der Waals surface area contributed by atoms with E-state index in [9.17, 15) is 9.59 Å². The number of hydrogen-bond acceptors (Lipinski definition) is 3. The Kier molecular flexibility index (Phi) is 3.70. The normalized spacial score (nSPS) is 21.4. The monoisotopic (exact) mass is 187 g/mol. The highest BCUT2D eigenvalue weighted by molar-refractivity contribution is 5.93. The lowest BCUT2D eigenvalue weighted by Crippen LogP contribution is -2.32. The molecule has 13 heavy (non-hydrogen) atoms. The Labute approximate surface area is 76.1 Å². The Balaban J connectivity index is 2.10. The highest BCUT2D eigenvalue weighted by Crippen LogP contribution is 2.10. The van der Waals surface area contributed by atoms with Crippen LogP contribution in [0.2, 0.25) is 0 Å². The number of carboxylic acid groups (broad SMARTS) is 1. The molecule has 0 bridgehead atoms. The molecule has 0 aromatic rings. The molecule has 1 aliphatic rings. The maximum atomic E-state index is 10.9. The van der Waals surface area contributed by atoms with E-state index >= 15 is 0 Å².